The van der Waals surface area contributed by atoms with E-state index in [1.807, 2.05) is 19.9 Å². The van der Waals surface area contributed by atoms with Gasteiger partial charge in [-0.1, -0.05) is 6.92 Å². The van der Waals surface area contributed by atoms with Crippen molar-refractivity contribution in [3.05, 3.63) is 58.4 Å². The molecule has 0 bridgehead atoms. The largest absolute Gasteiger partial charge is 0.462 e. The normalized spacial score (nSPS) is 11.0. The van der Waals surface area contributed by atoms with Crippen LogP contribution in [0.3, 0.4) is 0 Å². The summed E-state index contributed by atoms with van der Waals surface area (Å²) in [5.41, 5.74) is 0.518. The smallest absolute Gasteiger partial charge is 0.250 e. The second-order valence-corrected chi connectivity index (χ2v) is 4.72. The third-order valence-corrected chi connectivity index (χ3v) is 2.88. The fourth-order valence-corrected chi connectivity index (χ4v) is 1.91. The van der Waals surface area contributed by atoms with Gasteiger partial charge in [-0.3, -0.25) is 9.59 Å². The number of furan rings is 1. The van der Waals surface area contributed by atoms with Crippen molar-refractivity contribution in [1.82, 2.24) is 4.57 Å². The van der Waals surface area contributed by atoms with Crippen LogP contribution in [0.1, 0.15) is 24.9 Å². The van der Waals surface area contributed by atoms with E-state index in [2.05, 4.69) is 5.32 Å². The van der Waals surface area contributed by atoms with E-state index < -0.39 is 0 Å². The fraction of sp³-hybridized carbons (Fsp3) is 0.250. The molecule has 2 aromatic rings. The SMILES string of the molecule is CCCn1cc(NC(=O)C=Cc2ccc(C)o2)ccc1=O. The predicted molar refractivity (Wildman–Crippen MR) is 82.1 cm³/mol. The zero-order chi connectivity index (χ0) is 15.2. The van der Waals surface area contributed by atoms with Gasteiger partial charge in [-0.05, 0) is 37.6 Å². The zero-order valence-corrected chi connectivity index (χ0v) is 12.1. The Hall–Kier alpha value is -2.56. The van der Waals surface area contributed by atoms with Gasteiger partial charge in [0.2, 0.25) is 5.91 Å². The Bertz CT molecular complexity index is 710. The third-order valence-electron chi connectivity index (χ3n) is 2.88. The van der Waals surface area contributed by atoms with Gasteiger partial charge in [-0.25, -0.2) is 0 Å². The molecule has 0 spiro atoms. The molecule has 2 rings (SSSR count). The topological polar surface area (TPSA) is 64.2 Å². The number of aromatic nitrogens is 1. The first-order valence-electron chi connectivity index (χ1n) is 6.84. The highest BCUT2D eigenvalue weighted by molar-refractivity contribution is 6.01. The Morgan fingerprint density at radius 3 is 2.81 bits per heavy atom. The molecule has 1 N–H and O–H groups in total. The van der Waals surface area contributed by atoms with E-state index in [9.17, 15) is 9.59 Å². The van der Waals surface area contributed by atoms with Crippen LogP contribution in [0.4, 0.5) is 5.69 Å². The summed E-state index contributed by atoms with van der Waals surface area (Å²) < 4.78 is 6.92. The van der Waals surface area contributed by atoms with Crippen molar-refractivity contribution in [1.29, 1.82) is 0 Å². The first kappa shape index (κ1) is 14.8. The van der Waals surface area contributed by atoms with Crippen LogP contribution in [0, 0.1) is 6.92 Å². The highest BCUT2D eigenvalue weighted by Gasteiger charge is 2.01. The molecular weight excluding hydrogens is 268 g/mol. The molecule has 110 valence electrons. The molecule has 0 radical (unpaired) electrons. The quantitative estimate of drug-likeness (QED) is 0.860. The van der Waals surface area contributed by atoms with E-state index in [-0.39, 0.29) is 11.5 Å². The Morgan fingerprint density at radius 1 is 1.33 bits per heavy atom. The van der Waals surface area contributed by atoms with Crippen LogP contribution in [0.2, 0.25) is 0 Å². The Balaban J connectivity index is 2.04. The number of hydrogen-bond donors (Lipinski definition) is 1. The lowest BCUT2D eigenvalue weighted by Gasteiger charge is -2.07. The van der Waals surface area contributed by atoms with Gasteiger partial charge in [-0.15, -0.1) is 0 Å². The molecular formula is C16H18N2O3. The molecule has 5 heteroatoms. The summed E-state index contributed by atoms with van der Waals surface area (Å²) >= 11 is 0. The molecule has 0 aromatic carbocycles. The average molecular weight is 286 g/mol. The van der Waals surface area contributed by atoms with Gasteiger partial charge in [0.05, 0.1) is 5.69 Å². The molecule has 2 heterocycles. The van der Waals surface area contributed by atoms with E-state index in [0.717, 1.165) is 12.2 Å². The van der Waals surface area contributed by atoms with Crippen molar-refractivity contribution in [2.75, 3.05) is 5.32 Å². The van der Waals surface area contributed by atoms with Gasteiger partial charge < -0.3 is 14.3 Å². The Kier molecular flexibility index (Phi) is 4.77. The van der Waals surface area contributed by atoms with Crippen molar-refractivity contribution in [3.63, 3.8) is 0 Å². The maximum Gasteiger partial charge on any atom is 0.250 e. The van der Waals surface area contributed by atoms with Crippen molar-refractivity contribution in [2.45, 2.75) is 26.8 Å². The maximum absolute atomic E-state index is 11.8. The number of carbonyl (C=O) groups excluding carboxylic acids is 1. The summed E-state index contributed by atoms with van der Waals surface area (Å²) in [5.74, 6) is 1.14. The van der Waals surface area contributed by atoms with Gasteiger partial charge in [-0.2, -0.15) is 0 Å². The first-order valence-corrected chi connectivity index (χ1v) is 6.84. The lowest BCUT2D eigenvalue weighted by atomic mass is 10.3. The molecule has 1 amide bonds. The number of carbonyl (C=O) groups is 1. The van der Waals surface area contributed by atoms with Gasteiger partial charge >= 0.3 is 0 Å². The van der Waals surface area contributed by atoms with Gasteiger partial charge in [0.1, 0.15) is 11.5 Å². The van der Waals surface area contributed by atoms with Crippen LogP contribution in [0.25, 0.3) is 6.08 Å². The maximum atomic E-state index is 11.8. The van der Waals surface area contributed by atoms with Crippen LogP contribution < -0.4 is 10.9 Å². The van der Waals surface area contributed by atoms with E-state index in [0.29, 0.717) is 18.0 Å². The number of hydrogen-bond acceptors (Lipinski definition) is 3. The Morgan fingerprint density at radius 2 is 2.14 bits per heavy atom. The number of nitrogens with one attached hydrogen (secondary N) is 1. The summed E-state index contributed by atoms with van der Waals surface area (Å²) in [6.07, 6.45) is 5.50. The molecule has 0 aliphatic rings. The number of anilines is 1. The summed E-state index contributed by atoms with van der Waals surface area (Å²) in [4.78, 5) is 23.4. The highest BCUT2D eigenvalue weighted by Crippen LogP contribution is 2.09. The number of rotatable bonds is 5. The van der Waals surface area contributed by atoms with E-state index in [1.165, 1.54) is 12.1 Å². The molecule has 0 saturated carbocycles. The molecule has 0 aliphatic carbocycles. The lowest BCUT2D eigenvalue weighted by molar-refractivity contribution is -0.111. The molecule has 21 heavy (non-hydrogen) atoms. The van der Waals surface area contributed by atoms with Crippen LogP contribution in [0.5, 0.6) is 0 Å². The van der Waals surface area contributed by atoms with Crippen LogP contribution in [0.15, 0.2) is 45.8 Å². The minimum Gasteiger partial charge on any atom is -0.462 e. The predicted octanol–water partition coefficient (Wildman–Crippen LogP) is 2.81. The van der Waals surface area contributed by atoms with Crippen molar-refractivity contribution >= 4 is 17.7 Å². The van der Waals surface area contributed by atoms with Gasteiger partial charge in [0.25, 0.3) is 5.56 Å². The standard InChI is InChI=1S/C16H18N2O3/c1-3-10-18-11-13(5-9-16(18)20)17-15(19)8-7-14-6-4-12(2)21-14/h4-9,11H,3,10H2,1-2H3,(H,17,19). The summed E-state index contributed by atoms with van der Waals surface area (Å²) in [6.45, 7) is 4.46. The minimum absolute atomic E-state index is 0.0727. The molecule has 0 atom stereocenters. The second-order valence-electron chi connectivity index (χ2n) is 4.72. The number of aryl methyl sites for hydroxylation is 2. The number of amides is 1. The van der Waals surface area contributed by atoms with Crippen LogP contribution >= 0.6 is 0 Å². The number of nitrogens with zero attached hydrogens (tertiary/aromatic N) is 1. The summed E-state index contributed by atoms with van der Waals surface area (Å²) in [5, 5.41) is 2.72. The zero-order valence-electron chi connectivity index (χ0n) is 12.1. The van der Waals surface area contributed by atoms with Crippen molar-refractivity contribution < 1.29 is 9.21 Å². The Labute approximate surface area is 122 Å². The average Bonchev–Trinajstić information content (AvgIpc) is 2.86. The second kappa shape index (κ2) is 6.74. The minimum atomic E-state index is -0.272. The van der Waals surface area contributed by atoms with Crippen LogP contribution in [-0.2, 0) is 11.3 Å². The molecule has 0 fully saturated rings. The van der Waals surface area contributed by atoms with E-state index in [4.69, 9.17) is 4.42 Å². The van der Waals surface area contributed by atoms with Crippen molar-refractivity contribution in [3.8, 4) is 0 Å². The number of pyridine rings is 1. The molecule has 2 aromatic heterocycles. The van der Waals surface area contributed by atoms with E-state index >= 15 is 0 Å². The van der Waals surface area contributed by atoms with Crippen LogP contribution in [-0.4, -0.2) is 10.5 Å². The monoisotopic (exact) mass is 286 g/mol. The molecule has 5 nitrogen and oxygen atoms in total. The van der Waals surface area contributed by atoms with Crippen molar-refractivity contribution in [2.24, 2.45) is 0 Å². The highest BCUT2D eigenvalue weighted by atomic mass is 16.3. The van der Waals surface area contributed by atoms with Gasteiger partial charge in [0, 0.05) is 24.9 Å². The molecule has 0 saturated heterocycles. The third kappa shape index (κ3) is 4.21. The molecule has 0 unspecified atom stereocenters. The lowest BCUT2D eigenvalue weighted by Crippen LogP contribution is -2.19. The van der Waals surface area contributed by atoms with Gasteiger partial charge in [0.15, 0.2) is 0 Å². The van der Waals surface area contributed by atoms with E-state index in [1.54, 1.807) is 29.0 Å². The first-order chi connectivity index (χ1) is 10.1. The summed E-state index contributed by atoms with van der Waals surface area (Å²) in [7, 11) is 0. The fourth-order valence-electron chi connectivity index (χ4n) is 1.91. The molecule has 0 aliphatic heterocycles. The summed E-state index contributed by atoms with van der Waals surface area (Å²) in [6, 6.07) is 6.67.